The number of rotatable bonds is 0. The minimum atomic E-state index is -0.112. The van der Waals surface area contributed by atoms with Gasteiger partial charge in [0.05, 0.1) is 22.9 Å². The lowest BCUT2D eigenvalue weighted by Crippen LogP contribution is -2.03. The van der Waals surface area contributed by atoms with Gasteiger partial charge in [-0.2, -0.15) is 8.75 Å². The zero-order chi connectivity index (χ0) is 15.7. The van der Waals surface area contributed by atoms with Crippen molar-refractivity contribution in [3.63, 3.8) is 0 Å². The van der Waals surface area contributed by atoms with Gasteiger partial charge in [0.2, 0.25) is 5.78 Å². The Bertz CT molecular complexity index is 1160. The Balaban J connectivity index is 1.98. The molecule has 0 amide bonds. The molecule has 2 heterocycles. The van der Waals surface area contributed by atoms with Crippen LogP contribution in [0, 0.1) is 6.92 Å². The van der Waals surface area contributed by atoms with Crippen LogP contribution in [-0.2, 0) is 0 Å². The first-order chi connectivity index (χ1) is 11.2. The Labute approximate surface area is 134 Å². The van der Waals surface area contributed by atoms with Gasteiger partial charge >= 0.3 is 0 Å². The summed E-state index contributed by atoms with van der Waals surface area (Å²) in [6.45, 7) is 1.93. The molecule has 0 atom stereocenters. The van der Waals surface area contributed by atoms with Crippen LogP contribution in [0.2, 0.25) is 0 Å². The molecule has 0 aliphatic heterocycles. The molecule has 1 aliphatic rings. The van der Waals surface area contributed by atoms with Crippen LogP contribution < -0.4 is 5.73 Å². The summed E-state index contributed by atoms with van der Waals surface area (Å²) in [6, 6.07) is 7.41. The molecule has 7 heteroatoms. The summed E-state index contributed by atoms with van der Waals surface area (Å²) in [7, 11) is 0. The van der Waals surface area contributed by atoms with Gasteiger partial charge in [-0.25, -0.2) is 9.97 Å². The molecule has 2 aromatic heterocycles. The van der Waals surface area contributed by atoms with Crippen molar-refractivity contribution in [2.75, 3.05) is 5.73 Å². The lowest BCUT2D eigenvalue weighted by atomic mass is 10.1. The highest BCUT2D eigenvalue weighted by Crippen LogP contribution is 2.38. The molecule has 110 valence electrons. The number of nitrogens with zero attached hydrogens (tertiary/aromatic N) is 4. The number of carbonyl (C=O) groups excluding carboxylic acids is 1. The largest absolute Gasteiger partial charge is 0.395 e. The van der Waals surface area contributed by atoms with Gasteiger partial charge in [0.1, 0.15) is 27.9 Å². The van der Waals surface area contributed by atoms with Crippen molar-refractivity contribution in [2.45, 2.75) is 6.92 Å². The summed E-state index contributed by atoms with van der Waals surface area (Å²) in [5, 5.41) is 0. The topological polar surface area (TPSA) is 94.7 Å². The number of anilines is 1. The quantitative estimate of drug-likeness (QED) is 0.441. The summed E-state index contributed by atoms with van der Waals surface area (Å²) in [6.07, 6.45) is 0. The maximum atomic E-state index is 12.6. The van der Waals surface area contributed by atoms with Gasteiger partial charge < -0.3 is 5.73 Å². The van der Waals surface area contributed by atoms with E-state index < -0.39 is 0 Å². The first-order valence-electron chi connectivity index (χ1n) is 7.03. The summed E-state index contributed by atoms with van der Waals surface area (Å²) in [5.41, 5.74) is 12.5. The van der Waals surface area contributed by atoms with Gasteiger partial charge in [0.15, 0.2) is 0 Å². The van der Waals surface area contributed by atoms with Crippen LogP contribution in [0.1, 0.15) is 21.6 Å². The van der Waals surface area contributed by atoms with Crippen LogP contribution in [-0.4, -0.2) is 24.5 Å². The zero-order valence-electron chi connectivity index (χ0n) is 12.0. The predicted octanol–water partition coefficient (Wildman–Crippen LogP) is 2.74. The van der Waals surface area contributed by atoms with E-state index in [2.05, 4.69) is 13.7 Å². The highest BCUT2D eigenvalue weighted by molar-refractivity contribution is 7.00. The van der Waals surface area contributed by atoms with E-state index in [1.807, 2.05) is 25.1 Å². The number of benzene rings is 2. The van der Waals surface area contributed by atoms with Crippen molar-refractivity contribution in [1.82, 2.24) is 18.7 Å². The maximum absolute atomic E-state index is 12.6. The number of ketones is 1. The van der Waals surface area contributed by atoms with Crippen molar-refractivity contribution < 1.29 is 4.79 Å². The van der Waals surface area contributed by atoms with Crippen LogP contribution in [0.3, 0.4) is 0 Å². The zero-order valence-corrected chi connectivity index (χ0v) is 12.8. The van der Waals surface area contributed by atoms with Crippen molar-refractivity contribution in [3.05, 3.63) is 41.1 Å². The molecule has 0 fully saturated rings. The predicted molar refractivity (Wildman–Crippen MR) is 88.5 cm³/mol. The standard InChI is InChI=1S/C16H9N5OS/c1-6-10-13(9(17)14-11(6)20-23-21-14)19-15-12(18-10)7-4-2-3-5-8(7)16(15)22/h2-5H,17H2,1H3. The number of hydrogen-bond acceptors (Lipinski definition) is 7. The summed E-state index contributed by atoms with van der Waals surface area (Å²) in [4.78, 5) is 21.8. The van der Waals surface area contributed by atoms with Gasteiger partial charge in [0.25, 0.3) is 0 Å². The van der Waals surface area contributed by atoms with Crippen molar-refractivity contribution in [3.8, 4) is 11.3 Å². The van der Waals surface area contributed by atoms with E-state index >= 15 is 0 Å². The number of nitrogen functional groups attached to an aromatic ring is 1. The molecule has 1 aliphatic carbocycles. The molecule has 4 aromatic rings. The summed E-state index contributed by atoms with van der Waals surface area (Å²) < 4.78 is 8.53. The van der Waals surface area contributed by atoms with Crippen LogP contribution in [0.15, 0.2) is 24.3 Å². The average molecular weight is 319 g/mol. The van der Waals surface area contributed by atoms with Gasteiger partial charge in [-0.1, -0.05) is 24.3 Å². The first kappa shape index (κ1) is 12.6. The van der Waals surface area contributed by atoms with Gasteiger partial charge in [-0.15, -0.1) is 0 Å². The Kier molecular flexibility index (Phi) is 2.23. The van der Waals surface area contributed by atoms with E-state index in [4.69, 9.17) is 10.7 Å². The molecule has 0 saturated carbocycles. The van der Waals surface area contributed by atoms with Gasteiger partial charge in [-0.3, -0.25) is 4.79 Å². The van der Waals surface area contributed by atoms with Crippen molar-refractivity contribution in [1.29, 1.82) is 0 Å². The third kappa shape index (κ3) is 1.44. The molecule has 0 radical (unpaired) electrons. The number of hydrogen-bond donors (Lipinski definition) is 1. The Morgan fingerprint density at radius 2 is 1.61 bits per heavy atom. The van der Waals surface area contributed by atoms with Gasteiger partial charge in [-0.05, 0) is 6.92 Å². The van der Waals surface area contributed by atoms with Crippen LogP contribution in [0.4, 0.5) is 5.69 Å². The fraction of sp³-hybridized carbons (Fsp3) is 0.0625. The number of fused-ring (bicyclic) bond motifs is 5. The molecule has 5 rings (SSSR count). The number of aryl methyl sites for hydroxylation is 1. The second-order valence-electron chi connectivity index (χ2n) is 5.49. The number of nitrogens with two attached hydrogens (primary N) is 1. The molecular formula is C16H9N5OS. The van der Waals surface area contributed by atoms with E-state index in [0.717, 1.165) is 28.4 Å². The van der Waals surface area contributed by atoms with Crippen LogP contribution in [0.5, 0.6) is 0 Å². The smallest absolute Gasteiger partial charge is 0.214 e. The Morgan fingerprint density at radius 1 is 0.913 bits per heavy atom. The molecule has 0 saturated heterocycles. The highest BCUT2D eigenvalue weighted by atomic mass is 32.1. The third-order valence-electron chi connectivity index (χ3n) is 4.25. The maximum Gasteiger partial charge on any atom is 0.214 e. The number of carbonyl (C=O) groups is 1. The average Bonchev–Trinajstić information content (AvgIpc) is 3.17. The second kappa shape index (κ2) is 4.08. The summed E-state index contributed by atoms with van der Waals surface area (Å²) >= 11 is 1.11. The Morgan fingerprint density at radius 3 is 2.43 bits per heavy atom. The molecular weight excluding hydrogens is 310 g/mol. The van der Waals surface area contributed by atoms with E-state index in [9.17, 15) is 4.79 Å². The van der Waals surface area contributed by atoms with Gasteiger partial charge in [0, 0.05) is 16.7 Å². The first-order valence-corrected chi connectivity index (χ1v) is 7.76. The summed E-state index contributed by atoms with van der Waals surface area (Å²) in [5.74, 6) is -0.112. The molecule has 2 N–H and O–H groups in total. The fourth-order valence-corrected chi connectivity index (χ4v) is 3.69. The SMILES string of the molecule is Cc1c2nsnc2c(N)c2nc3c(nc12)-c1ccccc1C3=O. The molecule has 0 unspecified atom stereocenters. The lowest BCUT2D eigenvalue weighted by molar-refractivity contribution is 0.103. The van der Waals surface area contributed by atoms with Crippen LogP contribution in [0.25, 0.3) is 33.3 Å². The minimum Gasteiger partial charge on any atom is -0.395 e. The van der Waals surface area contributed by atoms with Crippen molar-refractivity contribution in [2.24, 2.45) is 0 Å². The monoisotopic (exact) mass is 319 g/mol. The normalized spacial score (nSPS) is 12.8. The number of aromatic nitrogens is 4. The second-order valence-corrected chi connectivity index (χ2v) is 6.02. The molecule has 23 heavy (non-hydrogen) atoms. The van der Waals surface area contributed by atoms with E-state index in [1.165, 1.54) is 0 Å². The highest BCUT2D eigenvalue weighted by Gasteiger charge is 2.31. The fourth-order valence-electron chi connectivity index (χ4n) is 3.08. The van der Waals surface area contributed by atoms with E-state index in [-0.39, 0.29) is 5.78 Å². The molecule has 6 nitrogen and oxygen atoms in total. The Hall–Kier alpha value is -2.93. The van der Waals surface area contributed by atoms with E-state index in [1.54, 1.807) is 6.07 Å². The molecule has 2 aromatic carbocycles. The minimum absolute atomic E-state index is 0.112. The third-order valence-corrected chi connectivity index (χ3v) is 4.78. The van der Waals surface area contributed by atoms with E-state index in [0.29, 0.717) is 39.2 Å². The lowest BCUT2D eigenvalue weighted by Gasteiger charge is -2.07. The molecule has 0 bridgehead atoms. The van der Waals surface area contributed by atoms with Crippen molar-refractivity contribution >= 4 is 45.3 Å². The van der Waals surface area contributed by atoms with Crippen LogP contribution >= 0.6 is 11.7 Å². The molecule has 0 spiro atoms.